The van der Waals surface area contributed by atoms with Crippen molar-refractivity contribution in [3.8, 4) is 5.75 Å². The van der Waals surface area contributed by atoms with Gasteiger partial charge in [0.2, 0.25) is 11.7 Å². The molecule has 0 saturated heterocycles. The maximum absolute atomic E-state index is 13.8. The van der Waals surface area contributed by atoms with Crippen molar-refractivity contribution >= 4 is 35.2 Å². The maximum Gasteiger partial charge on any atom is 0.255 e. The summed E-state index contributed by atoms with van der Waals surface area (Å²) < 4.78 is 0. The number of ketones is 2. The Hall–Kier alpha value is -3.96. The molecule has 4 rings (SSSR count). The third-order valence-corrected chi connectivity index (χ3v) is 7.54. The number of phenolic OH excluding ortho intramolecular Hbond substituents is 1. The zero-order chi connectivity index (χ0) is 29.2. The summed E-state index contributed by atoms with van der Waals surface area (Å²) in [6.45, 7) is 5.45. The highest BCUT2D eigenvalue weighted by Gasteiger charge is 2.64. The van der Waals surface area contributed by atoms with E-state index in [9.17, 15) is 39.6 Å². The molecule has 11 heteroatoms. The second-order valence-corrected chi connectivity index (χ2v) is 11.6. The monoisotopic (exact) mass is 539 g/mol. The van der Waals surface area contributed by atoms with Crippen LogP contribution in [0.4, 0.5) is 0 Å². The van der Waals surface area contributed by atoms with Gasteiger partial charge in [0.15, 0.2) is 11.4 Å². The number of nitrogens with one attached hydrogen (secondary N) is 1. The SMILES string of the molecule is CN(C)[C@@H]1C(=O)C(C(N)=O)=C(O)[C@@]2(O)C(=O)C3=C(O)c4c(ccc(/C=C\C(=O)NC(C)(C)C)c4O)C[C@H]3C[C@@H]12. The number of hydrogen-bond donors (Lipinski definition) is 6. The number of likely N-dealkylation sites (N-methyl/N-ethyl adjacent to an activating group) is 1. The van der Waals surface area contributed by atoms with E-state index in [1.54, 1.807) is 26.2 Å². The number of primary amides is 1. The summed E-state index contributed by atoms with van der Waals surface area (Å²) in [6, 6.07) is 2.10. The number of aromatic hydroxyl groups is 1. The van der Waals surface area contributed by atoms with Crippen LogP contribution < -0.4 is 11.1 Å². The number of Topliss-reactive ketones (excluding diaryl/α,β-unsaturated/α-hetero) is 2. The van der Waals surface area contributed by atoms with Gasteiger partial charge >= 0.3 is 0 Å². The van der Waals surface area contributed by atoms with Gasteiger partial charge in [0, 0.05) is 28.7 Å². The van der Waals surface area contributed by atoms with E-state index in [0.717, 1.165) is 0 Å². The van der Waals surface area contributed by atoms with Crippen LogP contribution in [-0.4, -0.2) is 80.0 Å². The van der Waals surface area contributed by atoms with Gasteiger partial charge in [-0.1, -0.05) is 12.1 Å². The first-order valence-electron chi connectivity index (χ1n) is 12.5. The number of carbonyl (C=O) groups is 4. The molecule has 0 radical (unpaired) electrons. The number of amides is 2. The average Bonchev–Trinajstić information content (AvgIpc) is 2.79. The van der Waals surface area contributed by atoms with Gasteiger partial charge in [0.25, 0.3) is 5.91 Å². The number of nitrogens with zero attached hydrogens (tertiary/aromatic N) is 1. The van der Waals surface area contributed by atoms with Crippen molar-refractivity contribution < 1.29 is 39.6 Å². The molecule has 1 saturated carbocycles. The fourth-order valence-corrected chi connectivity index (χ4v) is 5.95. The van der Waals surface area contributed by atoms with Crippen LogP contribution in [0.5, 0.6) is 5.75 Å². The van der Waals surface area contributed by atoms with Crippen LogP contribution in [0, 0.1) is 11.8 Å². The zero-order valence-corrected chi connectivity index (χ0v) is 22.4. The first kappa shape index (κ1) is 28.1. The van der Waals surface area contributed by atoms with Crippen LogP contribution in [0.2, 0.25) is 0 Å². The van der Waals surface area contributed by atoms with Crippen LogP contribution in [-0.2, 0) is 25.6 Å². The Bertz CT molecular complexity index is 1400. The smallest absolute Gasteiger partial charge is 0.255 e. The molecule has 4 atom stereocenters. The van der Waals surface area contributed by atoms with Crippen molar-refractivity contribution in [1.29, 1.82) is 0 Å². The summed E-state index contributed by atoms with van der Waals surface area (Å²) in [7, 11) is 3.09. The van der Waals surface area contributed by atoms with E-state index in [4.69, 9.17) is 5.73 Å². The molecular formula is C28H33N3O8. The van der Waals surface area contributed by atoms with Crippen molar-refractivity contribution in [2.24, 2.45) is 17.6 Å². The Kier molecular flexibility index (Phi) is 6.73. The van der Waals surface area contributed by atoms with Gasteiger partial charge in [-0.25, -0.2) is 0 Å². The molecule has 2 amide bonds. The van der Waals surface area contributed by atoms with Gasteiger partial charge in [-0.3, -0.25) is 24.1 Å². The van der Waals surface area contributed by atoms with Gasteiger partial charge in [-0.05, 0) is 65.3 Å². The van der Waals surface area contributed by atoms with Crippen LogP contribution >= 0.6 is 0 Å². The fourth-order valence-electron chi connectivity index (χ4n) is 5.95. The molecule has 1 fully saturated rings. The third kappa shape index (κ3) is 4.41. The summed E-state index contributed by atoms with van der Waals surface area (Å²) in [6.07, 6.45) is 2.81. The summed E-state index contributed by atoms with van der Waals surface area (Å²) in [5, 5.41) is 47.6. The summed E-state index contributed by atoms with van der Waals surface area (Å²) in [5.74, 6) is -7.43. The molecule has 3 aliphatic rings. The lowest BCUT2D eigenvalue weighted by molar-refractivity contribution is -0.153. The largest absolute Gasteiger partial charge is 0.508 e. The molecule has 0 aromatic heterocycles. The van der Waals surface area contributed by atoms with Gasteiger partial charge in [-0.2, -0.15) is 0 Å². The van der Waals surface area contributed by atoms with Crippen molar-refractivity contribution in [1.82, 2.24) is 10.2 Å². The minimum absolute atomic E-state index is 0.0150. The van der Waals surface area contributed by atoms with Crippen LogP contribution in [0.25, 0.3) is 11.8 Å². The van der Waals surface area contributed by atoms with Gasteiger partial charge < -0.3 is 31.5 Å². The minimum atomic E-state index is -2.69. The lowest BCUT2D eigenvalue weighted by Gasteiger charge is -2.50. The lowest BCUT2D eigenvalue weighted by Crippen LogP contribution is -2.65. The Morgan fingerprint density at radius 2 is 1.79 bits per heavy atom. The second-order valence-electron chi connectivity index (χ2n) is 11.6. The Morgan fingerprint density at radius 3 is 2.36 bits per heavy atom. The lowest BCUT2D eigenvalue weighted by atomic mass is 9.57. The van der Waals surface area contributed by atoms with E-state index in [-0.39, 0.29) is 35.3 Å². The Balaban J connectivity index is 1.83. The normalized spacial score (nSPS) is 27.0. The Morgan fingerprint density at radius 1 is 1.15 bits per heavy atom. The fraction of sp³-hybridized carbons (Fsp3) is 0.429. The minimum Gasteiger partial charge on any atom is -0.508 e. The number of hydrogen-bond acceptors (Lipinski definition) is 9. The molecule has 208 valence electrons. The molecule has 11 nitrogen and oxygen atoms in total. The molecule has 0 heterocycles. The van der Waals surface area contributed by atoms with Crippen LogP contribution in [0.3, 0.4) is 0 Å². The molecule has 0 unspecified atom stereocenters. The number of aliphatic hydroxyl groups excluding tert-OH is 2. The predicted octanol–water partition coefficient (Wildman–Crippen LogP) is 0.892. The van der Waals surface area contributed by atoms with Gasteiger partial charge in [0.1, 0.15) is 22.8 Å². The van der Waals surface area contributed by atoms with E-state index in [1.807, 2.05) is 20.8 Å². The number of carbonyl (C=O) groups excluding carboxylic acids is 4. The number of benzene rings is 1. The molecule has 39 heavy (non-hydrogen) atoms. The molecule has 0 spiro atoms. The van der Waals surface area contributed by atoms with E-state index in [2.05, 4.69) is 5.32 Å². The number of nitrogens with two attached hydrogens (primary N) is 1. The summed E-state index contributed by atoms with van der Waals surface area (Å²) >= 11 is 0. The van der Waals surface area contributed by atoms with E-state index in [1.165, 1.54) is 17.1 Å². The Labute approximate surface area is 225 Å². The van der Waals surface area contributed by atoms with Crippen molar-refractivity contribution in [3.05, 3.63) is 51.8 Å². The molecule has 7 N–H and O–H groups in total. The van der Waals surface area contributed by atoms with Crippen molar-refractivity contribution in [3.63, 3.8) is 0 Å². The number of phenols is 1. The van der Waals surface area contributed by atoms with Crippen LogP contribution in [0.1, 0.15) is 43.9 Å². The quantitative estimate of drug-likeness (QED) is 0.238. The molecule has 1 aromatic rings. The highest BCUT2D eigenvalue weighted by molar-refractivity contribution is 6.24. The standard InChI is InChI=1S/C28H33N3O8/c1-27(2,3)30-16(32)9-8-12-6-7-13-10-14-11-15-20(31(4)5)23(35)19(26(29)38)25(37)28(15,39)24(36)18(14)22(34)17(13)21(12)33/h6-9,14-15,20,33-34,37,39H,10-11H2,1-5H3,(H2,29,38)(H,30,32)/b9-8-/t14-,15-,20-,28-/m0/s1. The molecule has 3 aliphatic carbocycles. The second kappa shape index (κ2) is 9.35. The topological polar surface area (TPSA) is 190 Å². The van der Waals surface area contributed by atoms with Crippen LogP contribution in [0.15, 0.2) is 35.1 Å². The number of fused-ring (bicyclic) bond motifs is 3. The summed E-state index contributed by atoms with van der Waals surface area (Å²) in [4.78, 5) is 52.7. The third-order valence-electron chi connectivity index (χ3n) is 7.54. The van der Waals surface area contributed by atoms with Gasteiger partial charge in [0.05, 0.1) is 11.6 Å². The van der Waals surface area contributed by atoms with E-state index < -0.39 is 69.5 Å². The highest BCUT2D eigenvalue weighted by atomic mass is 16.3. The summed E-state index contributed by atoms with van der Waals surface area (Å²) in [5.41, 5.74) is 1.77. The number of rotatable bonds is 4. The number of aliphatic hydroxyl groups is 3. The molecule has 0 aliphatic heterocycles. The van der Waals surface area contributed by atoms with E-state index in [0.29, 0.717) is 5.56 Å². The highest BCUT2D eigenvalue weighted by Crippen LogP contribution is 2.52. The maximum atomic E-state index is 13.8. The van der Waals surface area contributed by atoms with E-state index >= 15 is 0 Å². The average molecular weight is 540 g/mol. The zero-order valence-electron chi connectivity index (χ0n) is 22.4. The first-order valence-corrected chi connectivity index (χ1v) is 12.5. The van der Waals surface area contributed by atoms with Crippen molar-refractivity contribution in [2.75, 3.05) is 14.1 Å². The molecular weight excluding hydrogens is 506 g/mol. The predicted molar refractivity (Wildman–Crippen MR) is 141 cm³/mol. The first-order chi connectivity index (χ1) is 18.0. The molecule has 1 aromatic carbocycles. The molecule has 0 bridgehead atoms. The van der Waals surface area contributed by atoms with Crippen molar-refractivity contribution in [2.45, 2.75) is 50.8 Å². The van der Waals surface area contributed by atoms with Gasteiger partial charge in [-0.15, -0.1) is 0 Å².